The number of carboxylic acid groups (broad SMARTS) is 1. The lowest BCUT2D eigenvalue weighted by Gasteiger charge is -2.02. The lowest BCUT2D eigenvalue weighted by molar-refractivity contribution is 0.0694. The second-order valence-electron chi connectivity index (χ2n) is 7.31. The predicted octanol–water partition coefficient (Wildman–Crippen LogP) is 3.74. The monoisotopic (exact) mass is 432 g/mol. The largest absolute Gasteiger partial charge is 0.507 e. The zero-order valence-electron chi connectivity index (χ0n) is 16.5. The number of carbonyl (C=O) groups is 1. The standard InChI is InChI=1S/C23H16N2O5S/c1-11-7-16-17(8-12(11)2)25-21(27)20(31-23(25)24-16)10-14-4-6-19(30-14)13-3-5-18(26)15(9-13)22(28)29/h3-10,26H,1-2H3,(H,28,29)/b20-10+. The molecule has 0 amide bonds. The van der Waals surface area contributed by atoms with Crippen molar-refractivity contribution in [3.63, 3.8) is 0 Å². The Balaban J connectivity index is 1.59. The highest BCUT2D eigenvalue weighted by Gasteiger charge is 2.14. The summed E-state index contributed by atoms with van der Waals surface area (Å²) in [7, 11) is 0. The number of benzene rings is 2. The molecule has 0 aliphatic rings. The zero-order valence-corrected chi connectivity index (χ0v) is 17.4. The van der Waals surface area contributed by atoms with Gasteiger partial charge in [-0.2, -0.15) is 0 Å². The number of rotatable bonds is 3. The highest BCUT2D eigenvalue weighted by molar-refractivity contribution is 7.15. The third-order valence-electron chi connectivity index (χ3n) is 5.27. The molecule has 7 nitrogen and oxygen atoms in total. The molecule has 0 spiro atoms. The average molecular weight is 432 g/mol. The lowest BCUT2D eigenvalue weighted by atomic mass is 10.1. The number of aromatic nitrogens is 2. The number of carboxylic acids is 1. The molecule has 5 rings (SSSR count). The maximum absolute atomic E-state index is 13.0. The van der Waals surface area contributed by atoms with E-state index in [1.54, 1.807) is 28.7 Å². The SMILES string of the molecule is Cc1cc2nc3s/c(=C/c4ccc(-c5ccc(O)c(C(=O)O)c5)o4)c(=O)n3c2cc1C. The number of hydrogen-bond acceptors (Lipinski definition) is 6. The first-order valence-electron chi connectivity index (χ1n) is 9.42. The molecule has 0 unspecified atom stereocenters. The minimum Gasteiger partial charge on any atom is -0.507 e. The Bertz CT molecular complexity index is 1620. The van der Waals surface area contributed by atoms with Crippen LogP contribution in [-0.2, 0) is 0 Å². The van der Waals surface area contributed by atoms with Crippen molar-refractivity contribution >= 4 is 39.4 Å². The molecule has 5 aromatic rings. The van der Waals surface area contributed by atoms with Crippen molar-refractivity contribution in [3.05, 3.63) is 79.8 Å². The molecule has 0 fully saturated rings. The van der Waals surface area contributed by atoms with Gasteiger partial charge >= 0.3 is 5.97 Å². The Labute approximate surface area is 179 Å². The molecular weight excluding hydrogens is 416 g/mol. The van der Waals surface area contributed by atoms with Crippen LogP contribution >= 0.6 is 11.3 Å². The minimum atomic E-state index is -1.23. The van der Waals surface area contributed by atoms with E-state index in [0.717, 1.165) is 22.2 Å². The van der Waals surface area contributed by atoms with Gasteiger partial charge in [0.1, 0.15) is 27.4 Å². The second kappa shape index (κ2) is 6.82. The van der Waals surface area contributed by atoms with Crippen LogP contribution in [0.25, 0.3) is 33.4 Å². The molecule has 3 heterocycles. The van der Waals surface area contributed by atoms with Crippen LogP contribution in [0.4, 0.5) is 0 Å². The van der Waals surface area contributed by atoms with E-state index in [9.17, 15) is 19.8 Å². The highest BCUT2D eigenvalue weighted by atomic mass is 32.1. The molecular formula is C23H16N2O5S. The summed E-state index contributed by atoms with van der Waals surface area (Å²) in [6.07, 6.45) is 1.65. The van der Waals surface area contributed by atoms with Gasteiger partial charge in [-0.1, -0.05) is 11.3 Å². The quantitative estimate of drug-likeness (QED) is 0.450. The molecule has 0 bridgehead atoms. The fourth-order valence-corrected chi connectivity index (χ4v) is 4.46. The van der Waals surface area contributed by atoms with Gasteiger partial charge in [0.05, 0.1) is 11.0 Å². The van der Waals surface area contributed by atoms with E-state index in [0.29, 0.717) is 26.6 Å². The fraction of sp³-hybridized carbons (Fsp3) is 0.0870. The summed E-state index contributed by atoms with van der Waals surface area (Å²) in [6.45, 7) is 4.02. The Kier molecular flexibility index (Phi) is 4.19. The van der Waals surface area contributed by atoms with Crippen LogP contribution in [0.5, 0.6) is 5.75 Å². The Morgan fingerprint density at radius 2 is 1.90 bits per heavy atom. The first-order chi connectivity index (χ1) is 14.8. The van der Waals surface area contributed by atoms with Crippen LogP contribution in [0.15, 0.2) is 51.7 Å². The van der Waals surface area contributed by atoms with Crippen molar-refractivity contribution in [1.82, 2.24) is 9.38 Å². The zero-order chi connectivity index (χ0) is 21.9. The molecule has 8 heteroatoms. The van der Waals surface area contributed by atoms with E-state index >= 15 is 0 Å². The number of thiazole rings is 1. The van der Waals surface area contributed by atoms with Crippen LogP contribution in [0.1, 0.15) is 27.2 Å². The van der Waals surface area contributed by atoms with E-state index < -0.39 is 5.97 Å². The van der Waals surface area contributed by atoms with Crippen molar-refractivity contribution in [1.29, 1.82) is 0 Å². The molecule has 0 aliphatic carbocycles. The van der Waals surface area contributed by atoms with Crippen LogP contribution < -0.4 is 10.1 Å². The molecule has 0 atom stereocenters. The second-order valence-corrected chi connectivity index (χ2v) is 8.32. The number of furan rings is 1. The number of imidazole rings is 1. The fourth-order valence-electron chi connectivity index (χ4n) is 3.49. The van der Waals surface area contributed by atoms with E-state index in [4.69, 9.17) is 4.42 Å². The number of aromatic hydroxyl groups is 1. The van der Waals surface area contributed by atoms with Crippen LogP contribution in [-0.4, -0.2) is 25.6 Å². The summed E-state index contributed by atoms with van der Waals surface area (Å²) in [5.74, 6) is -0.657. The van der Waals surface area contributed by atoms with E-state index in [2.05, 4.69) is 4.98 Å². The van der Waals surface area contributed by atoms with Gasteiger partial charge in [-0.05, 0) is 67.4 Å². The summed E-state index contributed by atoms with van der Waals surface area (Å²) < 4.78 is 7.90. The summed E-state index contributed by atoms with van der Waals surface area (Å²) in [5, 5.41) is 18.9. The highest BCUT2D eigenvalue weighted by Crippen LogP contribution is 2.28. The third kappa shape index (κ3) is 3.08. The Morgan fingerprint density at radius 3 is 2.68 bits per heavy atom. The number of aromatic carboxylic acids is 1. The first kappa shape index (κ1) is 19.1. The van der Waals surface area contributed by atoms with Crippen molar-refractivity contribution in [2.45, 2.75) is 13.8 Å². The predicted molar refractivity (Wildman–Crippen MR) is 118 cm³/mol. The molecule has 3 aromatic heterocycles. The maximum Gasteiger partial charge on any atom is 0.339 e. The van der Waals surface area contributed by atoms with E-state index in [-0.39, 0.29) is 16.9 Å². The molecule has 31 heavy (non-hydrogen) atoms. The van der Waals surface area contributed by atoms with Gasteiger partial charge < -0.3 is 14.6 Å². The normalized spacial score (nSPS) is 12.3. The van der Waals surface area contributed by atoms with Gasteiger partial charge in [0.2, 0.25) is 0 Å². The molecule has 0 radical (unpaired) electrons. The van der Waals surface area contributed by atoms with Crippen molar-refractivity contribution in [2.24, 2.45) is 0 Å². The summed E-state index contributed by atoms with van der Waals surface area (Å²) in [5.41, 5.74) is 3.93. The van der Waals surface area contributed by atoms with E-state index in [1.807, 2.05) is 26.0 Å². The van der Waals surface area contributed by atoms with Gasteiger partial charge in [0, 0.05) is 11.6 Å². The third-order valence-corrected chi connectivity index (χ3v) is 6.23. The van der Waals surface area contributed by atoms with Crippen molar-refractivity contribution in [3.8, 4) is 17.1 Å². The van der Waals surface area contributed by atoms with Crippen LogP contribution in [0.3, 0.4) is 0 Å². The summed E-state index contributed by atoms with van der Waals surface area (Å²) >= 11 is 1.28. The minimum absolute atomic E-state index is 0.165. The van der Waals surface area contributed by atoms with Gasteiger partial charge in [0.15, 0.2) is 4.96 Å². The van der Waals surface area contributed by atoms with Crippen molar-refractivity contribution < 1.29 is 19.4 Å². The summed E-state index contributed by atoms with van der Waals surface area (Å²) in [4.78, 5) is 29.4. The maximum atomic E-state index is 13.0. The Hall–Kier alpha value is -3.91. The number of nitrogens with zero attached hydrogens (tertiary/aromatic N) is 2. The molecule has 0 saturated heterocycles. The first-order valence-corrected chi connectivity index (χ1v) is 10.2. The molecule has 154 valence electrons. The van der Waals surface area contributed by atoms with Gasteiger partial charge in [-0.25, -0.2) is 14.2 Å². The molecule has 0 saturated carbocycles. The van der Waals surface area contributed by atoms with Crippen LogP contribution in [0.2, 0.25) is 0 Å². The molecule has 2 aromatic carbocycles. The number of phenols is 1. The molecule has 2 N–H and O–H groups in total. The average Bonchev–Trinajstić information content (AvgIpc) is 3.39. The van der Waals surface area contributed by atoms with Gasteiger partial charge in [-0.3, -0.25) is 4.79 Å². The van der Waals surface area contributed by atoms with E-state index in [1.165, 1.54) is 23.5 Å². The number of aryl methyl sites for hydroxylation is 2. The Morgan fingerprint density at radius 1 is 1.13 bits per heavy atom. The van der Waals surface area contributed by atoms with Crippen molar-refractivity contribution in [2.75, 3.05) is 0 Å². The van der Waals surface area contributed by atoms with Crippen LogP contribution in [0, 0.1) is 13.8 Å². The number of fused-ring (bicyclic) bond motifs is 3. The smallest absolute Gasteiger partial charge is 0.339 e. The number of hydrogen-bond donors (Lipinski definition) is 2. The van der Waals surface area contributed by atoms with Gasteiger partial charge in [0.25, 0.3) is 5.56 Å². The molecule has 0 aliphatic heterocycles. The topological polar surface area (TPSA) is 105 Å². The summed E-state index contributed by atoms with van der Waals surface area (Å²) in [6, 6.07) is 11.6. The van der Waals surface area contributed by atoms with Gasteiger partial charge in [-0.15, -0.1) is 0 Å². The lowest BCUT2D eigenvalue weighted by Crippen LogP contribution is -2.22.